The van der Waals surface area contributed by atoms with Gasteiger partial charge in [-0.2, -0.15) is 0 Å². The molecule has 28 heavy (non-hydrogen) atoms. The Hall–Kier alpha value is -2.20. The van der Waals surface area contributed by atoms with E-state index in [4.69, 9.17) is 28.4 Å². The molecule has 1 rings (SSSR count). The van der Waals surface area contributed by atoms with Crippen molar-refractivity contribution in [3.63, 3.8) is 0 Å². The van der Waals surface area contributed by atoms with E-state index in [0.29, 0.717) is 0 Å². The minimum absolute atomic E-state index is 0.290. The van der Waals surface area contributed by atoms with Crippen molar-refractivity contribution >= 4 is 23.9 Å². The van der Waals surface area contributed by atoms with Gasteiger partial charge in [-0.3, -0.25) is 19.2 Å². The van der Waals surface area contributed by atoms with Gasteiger partial charge in [0.15, 0.2) is 24.6 Å². The Morgan fingerprint density at radius 1 is 0.750 bits per heavy atom. The van der Waals surface area contributed by atoms with E-state index in [1.807, 2.05) is 0 Å². The van der Waals surface area contributed by atoms with Gasteiger partial charge in [0, 0.05) is 27.7 Å². The first-order valence-corrected chi connectivity index (χ1v) is 8.78. The highest BCUT2D eigenvalue weighted by atomic mass is 16.7. The van der Waals surface area contributed by atoms with Gasteiger partial charge in [-0.05, 0) is 20.8 Å². The molecule has 0 N–H and O–H groups in total. The smallest absolute Gasteiger partial charge is 0.303 e. The van der Waals surface area contributed by atoms with Crippen LogP contribution >= 0.6 is 0 Å². The second-order valence-electron chi connectivity index (χ2n) is 7.30. The van der Waals surface area contributed by atoms with Crippen LogP contribution in [-0.4, -0.2) is 66.8 Å². The average Bonchev–Trinajstić information content (AvgIpc) is 2.48. The topological polar surface area (TPSA) is 124 Å². The van der Waals surface area contributed by atoms with Crippen LogP contribution in [0.5, 0.6) is 0 Å². The third-order valence-corrected chi connectivity index (χ3v) is 3.42. The molecule has 5 atom stereocenters. The fraction of sp³-hybridized carbons (Fsp3) is 0.778. The first-order chi connectivity index (χ1) is 12.8. The lowest BCUT2D eigenvalue weighted by Gasteiger charge is -2.45. The number of hydrogen-bond acceptors (Lipinski definition) is 10. The van der Waals surface area contributed by atoms with Crippen molar-refractivity contribution in [2.24, 2.45) is 0 Å². The maximum absolute atomic E-state index is 11.7. The summed E-state index contributed by atoms with van der Waals surface area (Å²) in [4.78, 5) is 46.1. The molecule has 10 heteroatoms. The molecule has 0 aromatic heterocycles. The van der Waals surface area contributed by atoms with Crippen molar-refractivity contribution in [1.82, 2.24) is 0 Å². The molecule has 160 valence electrons. The zero-order valence-electron chi connectivity index (χ0n) is 17.2. The molecule has 0 bridgehead atoms. The summed E-state index contributed by atoms with van der Waals surface area (Å²) in [7, 11) is 0. The van der Waals surface area contributed by atoms with Crippen LogP contribution in [0.2, 0.25) is 0 Å². The number of carbonyl (C=O) groups is 4. The lowest BCUT2D eigenvalue weighted by Crippen LogP contribution is -2.63. The van der Waals surface area contributed by atoms with Crippen molar-refractivity contribution in [1.29, 1.82) is 0 Å². The van der Waals surface area contributed by atoms with Crippen LogP contribution in [-0.2, 0) is 47.6 Å². The zero-order chi connectivity index (χ0) is 21.6. The Morgan fingerprint density at radius 3 is 1.64 bits per heavy atom. The van der Waals surface area contributed by atoms with E-state index >= 15 is 0 Å². The van der Waals surface area contributed by atoms with Crippen LogP contribution in [0.4, 0.5) is 0 Å². The predicted molar refractivity (Wildman–Crippen MR) is 92.8 cm³/mol. The molecule has 0 aliphatic carbocycles. The van der Waals surface area contributed by atoms with Crippen molar-refractivity contribution in [2.75, 3.05) is 6.61 Å². The van der Waals surface area contributed by atoms with Crippen molar-refractivity contribution in [3.8, 4) is 0 Å². The van der Waals surface area contributed by atoms with Crippen LogP contribution in [0, 0.1) is 0 Å². The minimum atomic E-state index is -1.23. The quantitative estimate of drug-likeness (QED) is 0.465. The maximum atomic E-state index is 11.7. The first kappa shape index (κ1) is 23.8. The molecule has 1 fully saturated rings. The fourth-order valence-corrected chi connectivity index (χ4v) is 2.63. The molecule has 1 aliphatic heterocycles. The number of carbonyl (C=O) groups excluding carboxylic acids is 4. The van der Waals surface area contributed by atoms with Crippen LogP contribution in [0.1, 0.15) is 48.5 Å². The molecule has 0 spiro atoms. The third-order valence-electron chi connectivity index (χ3n) is 3.42. The van der Waals surface area contributed by atoms with E-state index in [2.05, 4.69) is 0 Å². The van der Waals surface area contributed by atoms with Crippen molar-refractivity contribution < 1.29 is 47.6 Å². The molecule has 1 aliphatic rings. The van der Waals surface area contributed by atoms with Crippen LogP contribution < -0.4 is 0 Å². The van der Waals surface area contributed by atoms with Gasteiger partial charge in [0.2, 0.25) is 0 Å². The Balaban J connectivity index is 3.33. The minimum Gasteiger partial charge on any atom is -0.463 e. The highest BCUT2D eigenvalue weighted by Gasteiger charge is 2.53. The van der Waals surface area contributed by atoms with Gasteiger partial charge in [0.25, 0.3) is 0 Å². The molecule has 1 saturated heterocycles. The van der Waals surface area contributed by atoms with Crippen molar-refractivity contribution in [2.45, 2.75) is 84.8 Å². The molecule has 0 saturated carbocycles. The van der Waals surface area contributed by atoms with Gasteiger partial charge in [0.05, 0.1) is 5.60 Å². The molecule has 1 heterocycles. The highest BCUT2D eigenvalue weighted by Crippen LogP contribution is 2.31. The summed E-state index contributed by atoms with van der Waals surface area (Å²) in [6.07, 6.45) is -5.81. The van der Waals surface area contributed by atoms with E-state index in [1.165, 1.54) is 13.8 Å². The number of rotatable bonds is 6. The van der Waals surface area contributed by atoms with Gasteiger partial charge in [-0.25, -0.2) is 0 Å². The summed E-state index contributed by atoms with van der Waals surface area (Å²) in [6, 6.07) is 0. The summed E-state index contributed by atoms with van der Waals surface area (Å²) in [5.74, 6) is -2.63. The zero-order valence-corrected chi connectivity index (χ0v) is 17.2. The van der Waals surface area contributed by atoms with Gasteiger partial charge in [-0.15, -0.1) is 0 Å². The monoisotopic (exact) mass is 404 g/mol. The van der Waals surface area contributed by atoms with E-state index < -0.39 is 60.2 Å². The Kier molecular flexibility index (Phi) is 8.37. The largest absolute Gasteiger partial charge is 0.463 e. The molecule has 0 amide bonds. The lowest BCUT2D eigenvalue weighted by atomic mass is 9.97. The molecule has 10 nitrogen and oxygen atoms in total. The normalized spacial score (nSPS) is 27.5. The highest BCUT2D eigenvalue weighted by molar-refractivity contribution is 5.68. The van der Waals surface area contributed by atoms with Crippen LogP contribution in [0.15, 0.2) is 0 Å². The number of ether oxygens (including phenoxy) is 6. The molecule has 0 aromatic carbocycles. The van der Waals surface area contributed by atoms with Crippen molar-refractivity contribution in [3.05, 3.63) is 0 Å². The predicted octanol–water partition coefficient (Wildman–Crippen LogP) is 0.885. The van der Waals surface area contributed by atoms with E-state index in [9.17, 15) is 19.2 Å². The molecular formula is C18H28O10. The summed E-state index contributed by atoms with van der Waals surface area (Å²) in [6.45, 7) is 9.66. The second kappa shape index (κ2) is 9.83. The van der Waals surface area contributed by atoms with E-state index in [0.717, 1.165) is 13.8 Å². The maximum Gasteiger partial charge on any atom is 0.303 e. The Bertz CT molecular complexity index is 594. The van der Waals surface area contributed by atoms with Gasteiger partial charge in [0.1, 0.15) is 12.7 Å². The molecule has 0 unspecified atom stereocenters. The number of hydrogen-bond donors (Lipinski definition) is 0. The summed E-state index contributed by atoms with van der Waals surface area (Å²) >= 11 is 0. The van der Waals surface area contributed by atoms with Crippen LogP contribution in [0.3, 0.4) is 0 Å². The third kappa shape index (κ3) is 7.81. The molecule has 0 aromatic rings. The average molecular weight is 404 g/mol. The van der Waals surface area contributed by atoms with Gasteiger partial charge in [-0.1, -0.05) is 0 Å². The summed E-state index contributed by atoms with van der Waals surface area (Å²) in [5, 5.41) is 0. The fourth-order valence-electron chi connectivity index (χ4n) is 2.63. The van der Waals surface area contributed by atoms with Crippen LogP contribution in [0.25, 0.3) is 0 Å². The summed E-state index contributed by atoms with van der Waals surface area (Å²) in [5.41, 5.74) is -0.718. The van der Waals surface area contributed by atoms with Gasteiger partial charge >= 0.3 is 23.9 Å². The molecular weight excluding hydrogens is 376 g/mol. The second-order valence-corrected chi connectivity index (χ2v) is 7.30. The molecule has 0 radical (unpaired) electrons. The number of esters is 4. The standard InChI is InChI=1S/C18H28O10/c1-9(19)23-8-13-14(24-10(2)20)15(25-11(3)21)16(26-12(4)22)17(27-13)28-18(5,6)7/h13-17H,8H2,1-7H3/t13-,14-,15+,16+,17-/m1/s1. The lowest BCUT2D eigenvalue weighted by molar-refractivity contribution is -0.325. The first-order valence-electron chi connectivity index (χ1n) is 8.78. The Morgan fingerprint density at radius 2 is 1.21 bits per heavy atom. The summed E-state index contributed by atoms with van der Waals surface area (Å²) < 4.78 is 32.5. The Labute approximate surface area is 163 Å². The SMILES string of the molecule is CC(=O)OC[C@H]1O[C@H](OC(C)(C)C)[C@@H](OC(C)=O)[C@@H](OC(C)=O)[C@@H]1OC(C)=O. The van der Waals surface area contributed by atoms with E-state index in [1.54, 1.807) is 20.8 Å². The van der Waals surface area contributed by atoms with E-state index in [-0.39, 0.29) is 6.61 Å². The van der Waals surface area contributed by atoms with Gasteiger partial charge < -0.3 is 28.4 Å².